The lowest BCUT2D eigenvalue weighted by Gasteiger charge is -2.07. The van der Waals surface area contributed by atoms with Gasteiger partial charge in [0.1, 0.15) is 5.82 Å². The number of H-pyrrole nitrogens is 2. The zero-order chi connectivity index (χ0) is 16.1. The monoisotopic (exact) mass is 312 g/mol. The highest BCUT2D eigenvalue weighted by Gasteiger charge is 2.07. The van der Waals surface area contributed by atoms with Crippen molar-refractivity contribution >= 4 is 5.91 Å². The summed E-state index contributed by atoms with van der Waals surface area (Å²) in [5.41, 5.74) is 1.09. The van der Waals surface area contributed by atoms with Crippen LogP contribution in [0.4, 0.5) is 0 Å². The zero-order valence-electron chi connectivity index (χ0n) is 12.3. The van der Waals surface area contributed by atoms with E-state index >= 15 is 0 Å². The summed E-state index contributed by atoms with van der Waals surface area (Å²) in [5.74, 6) is 0.444. The molecular weight excluding hydrogens is 296 g/mol. The van der Waals surface area contributed by atoms with Crippen LogP contribution >= 0.6 is 0 Å². The molecule has 0 bridgehead atoms. The summed E-state index contributed by atoms with van der Waals surface area (Å²) in [5, 5.41) is 13.1. The van der Waals surface area contributed by atoms with Crippen molar-refractivity contribution < 1.29 is 4.79 Å². The van der Waals surface area contributed by atoms with E-state index in [4.69, 9.17) is 0 Å². The number of aromatic nitrogens is 5. The molecule has 0 fully saturated rings. The Morgan fingerprint density at radius 3 is 2.96 bits per heavy atom. The molecule has 0 saturated heterocycles. The SMILES string of the molecule is O=C(NCCCc1n[nH]c(=O)[nH]1)c1cccc(-n2cccn2)c1. The number of aromatic amines is 2. The number of hydrogen-bond donors (Lipinski definition) is 3. The van der Waals surface area contributed by atoms with Gasteiger partial charge in [0.05, 0.1) is 5.69 Å². The van der Waals surface area contributed by atoms with Crippen molar-refractivity contribution in [2.75, 3.05) is 6.54 Å². The van der Waals surface area contributed by atoms with Crippen LogP contribution in [0.25, 0.3) is 5.69 Å². The Balaban J connectivity index is 1.54. The lowest BCUT2D eigenvalue weighted by atomic mass is 10.2. The van der Waals surface area contributed by atoms with Crippen molar-refractivity contribution in [3.8, 4) is 5.69 Å². The standard InChI is InChI=1S/C15H16N6O2/c22-14(16-7-2-6-13-18-15(23)20-19-13)11-4-1-5-12(10-11)21-9-3-8-17-21/h1,3-5,8-10H,2,6-7H2,(H,16,22)(H2,18,19,20,23). The normalized spacial score (nSPS) is 10.6. The summed E-state index contributed by atoms with van der Waals surface area (Å²) < 4.78 is 1.70. The van der Waals surface area contributed by atoms with Crippen molar-refractivity contribution in [1.29, 1.82) is 0 Å². The van der Waals surface area contributed by atoms with E-state index in [9.17, 15) is 9.59 Å². The molecule has 0 saturated carbocycles. The van der Waals surface area contributed by atoms with Crippen molar-refractivity contribution in [2.24, 2.45) is 0 Å². The third-order valence-electron chi connectivity index (χ3n) is 3.30. The third kappa shape index (κ3) is 3.73. The molecule has 0 aliphatic carbocycles. The number of benzene rings is 1. The quantitative estimate of drug-likeness (QED) is 0.580. The van der Waals surface area contributed by atoms with Gasteiger partial charge >= 0.3 is 5.69 Å². The van der Waals surface area contributed by atoms with Crippen LogP contribution in [0.5, 0.6) is 0 Å². The molecule has 0 radical (unpaired) electrons. The molecule has 0 aliphatic rings. The van der Waals surface area contributed by atoms with E-state index in [1.807, 2.05) is 24.4 Å². The summed E-state index contributed by atoms with van der Waals surface area (Å²) in [6, 6.07) is 9.07. The number of rotatable bonds is 6. The van der Waals surface area contributed by atoms with Crippen LogP contribution in [0.3, 0.4) is 0 Å². The Hall–Kier alpha value is -3.16. The largest absolute Gasteiger partial charge is 0.352 e. The molecule has 1 aromatic carbocycles. The van der Waals surface area contributed by atoms with Crippen molar-refractivity contribution in [3.05, 3.63) is 64.6 Å². The second kappa shape index (κ2) is 6.73. The molecule has 0 spiro atoms. The topological polar surface area (TPSA) is 108 Å². The fraction of sp³-hybridized carbons (Fsp3) is 0.200. The van der Waals surface area contributed by atoms with Gasteiger partial charge in [0.2, 0.25) is 0 Å². The molecule has 3 aromatic rings. The van der Waals surface area contributed by atoms with Gasteiger partial charge in [-0.3, -0.25) is 9.78 Å². The number of carbonyl (C=O) groups is 1. The molecule has 118 valence electrons. The Bertz CT molecular complexity index is 834. The Morgan fingerprint density at radius 1 is 1.30 bits per heavy atom. The Morgan fingerprint density at radius 2 is 2.22 bits per heavy atom. The van der Waals surface area contributed by atoms with E-state index < -0.39 is 0 Å². The van der Waals surface area contributed by atoms with Gasteiger partial charge in [-0.15, -0.1) is 0 Å². The Kier molecular flexibility index (Phi) is 4.32. The van der Waals surface area contributed by atoms with Crippen LogP contribution in [0.2, 0.25) is 0 Å². The van der Waals surface area contributed by atoms with Crippen molar-refractivity contribution in [1.82, 2.24) is 30.3 Å². The maximum absolute atomic E-state index is 12.2. The first-order valence-electron chi connectivity index (χ1n) is 7.24. The minimum Gasteiger partial charge on any atom is -0.352 e. The maximum Gasteiger partial charge on any atom is 0.340 e. The first kappa shape index (κ1) is 14.8. The van der Waals surface area contributed by atoms with Crippen LogP contribution in [0.1, 0.15) is 22.6 Å². The number of nitrogens with zero attached hydrogens (tertiary/aromatic N) is 3. The first-order chi connectivity index (χ1) is 11.2. The summed E-state index contributed by atoms with van der Waals surface area (Å²) >= 11 is 0. The summed E-state index contributed by atoms with van der Waals surface area (Å²) in [4.78, 5) is 25.6. The summed E-state index contributed by atoms with van der Waals surface area (Å²) in [7, 11) is 0. The van der Waals surface area contributed by atoms with E-state index in [0.29, 0.717) is 30.8 Å². The van der Waals surface area contributed by atoms with Crippen LogP contribution in [0.15, 0.2) is 47.5 Å². The highest BCUT2D eigenvalue weighted by molar-refractivity contribution is 5.94. The van der Waals surface area contributed by atoms with Crippen LogP contribution in [-0.4, -0.2) is 37.4 Å². The van der Waals surface area contributed by atoms with Gasteiger partial charge in [0.15, 0.2) is 0 Å². The lowest BCUT2D eigenvalue weighted by Crippen LogP contribution is -2.25. The minimum absolute atomic E-state index is 0.144. The van der Waals surface area contributed by atoms with Gasteiger partial charge in [-0.05, 0) is 30.7 Å². The average molecular weight is 312 g/mol. The van der Waals surface area contributed by atoms with E-state index in [1.54, 1.807) is 23.0 Å². The summed E-state index contributed by atoms with van der Waals surface area (Å²) in [6.07, 6.45) is 4.78. The molecular formula is C15H16N6O2. The molecule has 23 heavy (non-hydrogen) atoms. The molecule has 2 aromatic heterocycles. The molecule has 8 heteroatoms. The summed E-state index contributed by atoms with van der Waals surface area (Å²) in [6.45, 7) is 0.500. The molecule has 0 aliphatic heterocycles. The van der Waals surface area contributed by atoms with Gasteiger partial charge in [0, 0.05) is 30.9 Å². The van der Waals surface area contributed by atoms with Gasteiger partial charge in [-0.25, -0.2) is 14.6 Å². The van der Waals surface area contributed by atoms with E-state index in [1.165, 1.54) is 0 Å². The Labute approximate surface area is 131 Å². The third-order valence-corrected chi connectivity index (χ3v) is 3.30. The predicted octanol–water partition coefficient (Wildman–Crippen LogP) is 0.646. The predicted molar refractivity (Wildman–Crippen MR) is 83.4 cm³/mol. The second-order valence-electron chi connectivity index (χ2n) is 4.98. The minimum atomic E-state index is -0.320. The number of hydrogen-bond acceptors (Lipinski definition) is 4. The molecule has 8 nitrogen and oxygen atoms in total. The van der Waals surface area contributed by atoms with Crippen LogP contribution < -0.4 is 11.0 Å². The molecule has 0 atom stereocenters. The van der Waals surface area contributed by atoms with E-state index in [-0.39, 0.29) is 11.6 Å². The van der Waals surface area contributed by atoms with Crippen molar-refractivity contribution in [3.63, 3.8) is 0 Å². The zero-order valence-corrected chi connectivity index (χ0v) is 12.3. The first-order valence-corrected chi connectivity index (χ1v) is 7.24. The van der Waals surface area contributed by atoms with Gasteiger partial charge in [-0.2, -0.15) is 10.2 Å². The van der Waals surface area contributed by atoms with E-state index in [0.717, 1.165) is 5.69 Å². The molecule has 3 N–H and O–H groups in total. The molecule has 0 unspecified atom stereocenters. The number of nitrogens with one attached hydrogen (secondary N) is 3. The number of carbonyl (C=O) groups excluding carboxylic acids is 1. The van der Waals surface area contributed by atoms with Crippen LogP contribution in [0, 0.1) is 0 Å². The van der Waals surface area contributed by atoms with Gasteiger partial charge in [0.25, 0.3) is 5.91 Å². The number of amides is 1. The van der Waals surface area contributed by atoms with Gasteiger partial charge in [-0.1, -0.05) is 6.07 Å². The average Bonchev–Trinajstić information content (AvgIpc) is 3.23. The van der Waals surface area contributed by atoms with E-state index in [2.05, 4.69) is 25.6 Å². The lowest BCUT2D eigenvalue weighted by molar-refractivity contribution is 0.0953. The fourth-order valence-electron chi connectivity index (χ4n) is 2.19. The highest BCUT2D eigenvalue weighted by Crippen LogP contribution is 2.09. The highest BCUT2D eigenvalue weighted by atomic mass is 16.2. The molecule has 2 heterocycles. The molecule has 1 amide bonds. The second-order valence-corrected chi connectivity index (χ2v) is 4.98. The number of aryl methyl sites for hydroxylation is 1. The van der Waals surface area contributed by atoms with Crippen LogP contribution in [-0.2, 0) is 6.42 Å². The maximum atomic E-state index is 12.2. The fourth-order valence-corrected chi connectivity index (χ4v) is 2.19. The van der Waals surface area contributed by atoms with Gasteiger partial charge < -0.3 is 5.32 Å². The molecule has 3 rings (SSSR count). The van der Waals surface area contributed by atoms with Crippen molar-refractivity contribution in [2.45, 2.75) is 12.8 Å². The smallest absolute Gasteiger partial charge is 0.340 e.